The number of ether oxygens (including phenoxy) is 1. The first-order valence-electron chi connectivity index (χ1n) is 6.85. The van der Waals surface area contributed by atoms with E-state index in [0.717, 1.165) is 19.3 Å². The second-order valence-corrected chi connectivity index (χ2v) is 7.46. The van der Waals surface area contributed by atoms with Crippen molar-refractivity contribution in [2.45, 2.75) is 71.1 Å². The van der Waals surface area contributed by atoms with Crippen LogP contribution in [0.5, 0.6) is 0 Å². The Morgan fingerprint density at radius 3 is 2.11 bits per heavy atom. The third-order valence-corrected chi connectivity index (χ3v) is 4.50. The highest BCUT2D eigenvalue weighted by Crippen LogP contribution is 2.61. The number of hydrogen-bond acceptors (Lipinski definition) is 3. The van der Waals surface area contributed by atoms with Crippen LogP contribution in [0, 0.1) is 11.3 Å². The molecule has 2 atom stereocenters. The summed E-state index contributed by atoms with van der Waals surface area (Å²) in [5, 5.41) is 3.09. The molecule has 1 amide bonds. The Balaban J connectivity index is 2.00. The van der Waals surface area contributed by atoms with Gasteiger partial charge in [-0.1, -0.05) is 13.8 Å². The van der Waals surface area contributed by atoms with E-state index in [0.29, 0.717) is 5.92 Å². The van der Waals surface area contributed by atoms with E-state index >= 15 is 0 Å². The van der Waals surface area contributed by atoms with Gasteiger partial charge in [0.2, 0.25) is 0 Å². The molecule has 18 heavy (non-hydrogen) atoms. The molecule has 2 aliphatic carbocycles. The molecule has 2 saturated carbocycles. The van der Waals surface area contributed by atoms with Crippen molar-refractivity contribution in [3.63, 3.8) is 0 Å². The van der Waals surface area contributed by atoms with E-state index in [1.165, 1.54) is 0 Å². The molecule has 104 valence electrons. The van der Waals surface area contributed by atoms with Crippen molar-refractivity contribution >= 4 is 6.09 Å². The predicted molar refractivity (Wildman–Crippen MR) is 71.2 cm³/mol. The van der Waals surface area contributed by atoms with Crippen LogP contribution >= 0.6 is 0 Å². The third kappa shape index (κ3) is 2.22. The van der Waals surface area contributed by atoms with Gasteiger partial charge in [0, 0.05) is 17.5 Å². The molecule has 0 aliphatic heterocycles. The van der Waals surface area contributed by atoms with Crippen molar-refractivity contribution in [2.75, 3.05) is 0 Å². The van der Waals surface area contributed by atoms with Crippen LogP contribution in [0.3, 0.4) is 0 Å². The van der Waals surface area contributed by atoms with Crippen LogP contribution in [0.25, 0.3) is 0 Å². The van der Waals surface area contributed by atoms with Crippen molar-refractivity contribution in [1.82, 2.24) is 5.32 Å². The van der Waals surface area contributed by atoms with Crippen molar-refractivity contribution in [3.8, 4) is 0 Å². The largest absolute Gasteiger partial charge is 0.444 e. The Bertz CT molecular complexity index is 353. The fourth-order valence-electron chi connectivity index (χ4n) is 3.31. The summed E-state index contributed by atoms with van der Waals surface area (Å²) in [6.45, 7) is 10.0. The molecule has 0 aromatic heterocycles. The van der Waals surface area contributed by atoms with Crippen LogP contribution in [0.4, 0.5) is 4.79 Å². The minimum absolute atomic E-state index is 0.120. The topological polar surface area (TPSA) is 64.3 Å². The van der Waals surface area contributed by atoms with E-state index in [1.54, 1.807) is 0 Å². The van der Waals surface area contributed by atoms with Gasteiger partial charge in [-0.2, -0.15) is 0 Å². The molecule has 0 aromatic rings. The first-order valence-corrected chi connectivity index (χ1v) is 6.85. The Kier molecular flexibility index (Phi) is 2.93. The zero-order valence-corrected chi connectivity index (χ0v) is 12.2. The maximum atomic E-state index is 11.9. The highest BCUT2D eigenvalue weighted by atomic mass is 16.6. The molecule has 2 rings (SSSR count). The molecule has 0 saturated heterocycles. The molecular weight excluding hydrogens is 228 g/mol. The lowest BCUT2D eigenvalue weighted by Crippen LogP contribution is -2.57. The number of amides is 1. The minimum atomic E-state index is -0.448. The van der Waals surface area contributed by atoms with Gasteiger partial charge >= 0.3 is 6.09 Å². The summed E-state index contributed by atoms with van der Waals surface area (Å²) < 4.78 is 5.36. The summed E-state index contributed by atoms with van der Waals surface area (Å²) in [5.41, 5.74) is 5.72. The molecule has 4 nitrogen and oxygen atoms in total. The molecule has 2 aliphatic rings. The average Bonchev–Trinajstić information content (AvgIpc) is 2.57. The standard InChI is InChI=1S/C14H26N2O2/c1-12(2,3)18-11(17)16-14(7-6-8-14)9-10(15)13(9,4)5/h9-10H,6-8,15H2,1-5H3,(H,16,17)/t9-,10-/m1/s1. The van der Waals surface area contributed by atoms with Crippen LogP contribution in [-0.4, -0.2) is 23.3 Å². The van der Waals surface area contributed by atoms with Crippen LogP contribution < -0.4 is 11.1 Å². The highest BCUT2D eigenvalue weighted by molar-refractivity contribution is 5.69. The Labute approximate surface area is 110 Å². The number of carbonyl (C=O) groups excluding carboxylic acids is 1. The molecule has 2 fully saturated rings. The average molecular weight is 254 g/mol. The van der Waals surface area contributed by atoms with E-state index < -0.39 is 5.60 Å². The van der Waals surface area contributed by atoms with Gasteiger partial charge in [-0.15, -0.1) is 0 Å². The molecule has 0 aromatic carbocycles. The maximum absolute atomic E-state index is 11.9. The summed E-state index contributed by atoms with van der Waals surface area (Å²) in [6, 6.07) is 0.188. The molecule has 0 radical (unpaired) electrons. The summed E-state index contributed by atoms with van der Waals surface area (Å²) in [4.78, 5) is 11.9. The van der Waals surface area contributed by atoms with E-state index in [1.807, 2.05) is 20.8 Å². The highest BCUT2D eigenvalue weighted by Gasteiger charge is 2.67. The smallest absolute Gasteiger partial charge is 0.408 e. The lowest BCUT2D eigenvalue weighted by atomic mass is 9.71. The first kappa shape index (κ1) is 13.7. The van der Waals surface area contributed by atoms with Crippen molar-refractivity contribution in [1.29, 1.82) is 0 Å². The molecule has 0 spiro atoms. The van der Waals surface area contributed by atoms with Gasteiger partial charge in [0.25, 0.3) is 0 Å². The van der Waals surface area contributed by atoms with Crippen molar-refractivity contribution in [2.24, 2.45) is 17.1 Å². The van der Waals surface area contributed by atoms with Crippen LogP contribution in [0.2, 0.25) is 0 Å². The van der Waals surface area contributed by atoms with Crippen molar-refractivity contribution < 1.29 is 9.53 Å². The number of hydrogen-bond donors (Lipinski definition) is 2. The van der Waals surface area contributed by atoms with Crippen molar-refractivity contribution in [3.05, 3.63) is 0 Å². The van der Waals surface area contributed by atoms with Gasteiger partial charge < -0.3 is 15.8 Å². The Morgan fingerprint density at radius 2 is 1.83 bits per heavy atom. The van der Waals surface area contributed by atoms with Crippen LogP contribution in [0.15, 0.2) is 0 Å². The monoisotopic (exact) mass is 254 g/mol. The SMILES string of the molecule is CC(C)(C)OC(=O)NC1([C@@H]2[C@@H](N)C2(C)C)CCC1. The Hall–Kier alpha value is -0.770. The molecule has 3 N–H and O–H groups in total. The maximum Gasteiger partial charge on any atom is 0.408 e. The first-order chi connectivity index (χ1) is 8.08. The van der Waals surface area contributed by atoms with E-state index in [2.05, 4.69) is 19.2 Å². The number of nitrogens with one attached hydrogen (secondary N) is 1. The van der Waals surface area contributed by atoms with Crippen LogP contribution in [0.1, 0.15) is 53.9 Å². The summed E-state index contributed by atoms with van der Waals surface area (Å²) in [6.07, 6.45) is 2.90. The van der Waals surface area contributed by atoms with Gasteiger partial charge in [0.05, 0.1) is 0 Å². The van der Waals surface area contributed by atoms with E-state index in [-0.39, 0.29) is 23.1 Å². The molecule has 4 heteroatoms. The second kappa shape index (κ2) is 3.86. The fraction of sp³-hybridized carbons (Fsp3) is 0.929. The molecular formula is C14H26N2O2. The van der Waals surface area contributed by atoms with Gasteiger partial charge in [0.1, 0.15) is 5.60 Å². The van der Waals surface area contributed by atoms with Crippen LogP contribution in [-0.2, 0) is 4.74 Å². The summed E-state index contributed by atoms with van der Waals surface area (Å²) in [7, 11) is 0. The number of rotatable bonds is 2. The third-order valence-electron chi connectivity index (χ3n) is 4.50. The summed E-state index contributed by atoms with van der Waals surface area (Å²) in [5.74, 6) is 0.381. The van der Waals surface area contributed by atoms with Gasteiger partial charge in [-0.05, 0) is 45.4 Å². The quantitative estimate of drug-likeness (QED) is 0.795. The van der Waals surface area contributed by atoms with E-state index in [4.69, 9.17) is 10.5 Å². The lowest BCUT2D eigenvalue weighted by molar-refractivity contribution is 0.0327. The molecule has 0 unspecified atom stereocenters. The molecule has 0 bridgehead atoms. The summed E-state index contributed by atoms with van der Waals surface area (Å²) >= 11 is 0. The number of carbonyl (C=O) groups is 1. The zero-order valence-electron chi connectivity index (χ0n) is 12.2. The zero-order chi connectivity index (χ0) is 13.8. The van der Waals surface area contributed by atoms with Gasteiger partial charge in [0.15, 0.2) is 0 Å². The molecule has 0 heterocycles. The fourth-order valence-corrected chi connectivity index (χ4v) is 3.31. The van der Waals surface area contributed by atoms with E-state index in [9.17, 15) is 4.79 Å². The predicted octanol–water partition coefficient (Wildman–Crippen LogP) is 2.42. The normalized spacial score (nSPS) is 32.3. The second-order valence-electron chi connectivity index (χ2n) is 7.46. The van der Waals surface area contributed by atoms with Gasteiger partial charge in [-0.25, -0.2) is 4.79 Å². The Morgan fingerprint density at radius 1 is 1.33 bits per heavy atom. The van der Waals surface area contributed by atoms with Gasteiger partial charge in [-0.3, -0.25) is 0 Å². The minimum Gasteiger partial charge on any atom is -0.444 e. The number of nitrogens with two attached hydrogens (primary N) is 1. The number of alkyl carbamates (subject to hydrolysis) is 1. The lowest BCUT2D eigenvalue weighted by Gasteiger charge is -2.44.